The number of hydrogen-bond acceptors (Lipinski definition) is 1. The molecule has 1 fully saturated rings. The minimum Gasteiger partial charge on any atom is -0.349 e. The Bertz CT molecular complexity index is 1080. The first-order chi connectivity index (χ1) is 15.6. The van der Waals surface area contributed by atoms with Crippen LogP contribution in [-0.2, 0) is 12.8 Å². The fraction of sp³-hybridized carbons (Fsp3) is 0.414. The van der Waals surface area contributed by atoms with E-state index in [9.17, 15) is 4.79 Å². The van der Waals surface area contributed by atoms with Crippen molar-refractivity contribution in [3.63, 3.8) is 0 Å². The van der Waals surface area contributed by atoms with Crippen LogP contribution in [0.25, 0.3) is 16.9 Å². The van der Waals surface area contributed by atoms with Gasteiger partial charge in [0, 0.05) is 23.0 Å². The van der Waals surface area contributed by atoms with E-state index < -0.39 is 0 Å². The summed E-state index contributed by atoms with van der Waals surface area (Å²) in [7, 11) is 0. The maximum Gasteiger partial charge on any atom is 0.251 e. The number of benzene rings is 2. The Kier molecular flexibility index (Phi) is 5.91. The van der Waals surface area contributed by atoms with Gasteiger partial charge in [-0.3, -0.25) is 4.79 Å². The van der Waals surface area contributed by atoms with Gasteiger partial charge in [0.15, 0.2) is 0 Å². The molecule has 3 aromatic rings. The Hall–Kier alpha value is -2.81. The second-order valence-electron chi connectivity index (χ2n) is 9.94. The quantitative estimate of drug-likeness (QED) is 0.502. The van der Waals surface area contributed by atoms with E-state index in [0.29, 0.717) is 12.0 Å². The lowest BCUT2D eigenvalue weighted by Crippen LogP contribution is -2.41. The van der Waals surface area contributed by atoms with Crippen LogP contribution in [0.5, 0.6) is 0 Å². The largest absolute Gasteiger partial charge is 0.349 e. The van der Waals surface area contributed by atoms with Gasteiger partial charge in [0.2, 0.25) is 0 Å². The van der Waals surface area contributed by atoms with Gasteiger partial charge in [-0.2, -0.15) is 0 Å². The molecule has 2 aliphatic carbocycles. The molecule has 3 atom stereocenters. The molecule has 3 heteroatoms. The van der Waals surface area contributed by atoms with Crippen molar-refractivity contribution < 1.29 is 4.79 Å². The molecule has 0 bridgehead atoms. The highest BCUT2D eigenvalue weighted by molar-refractivity contribution is 5.94. The summed E-state index contributed by atoms with van der Waals surface area (Å²) >= 11 is 0. The summed E-state index contributed by atoms with van der Waals surface area (Å²) in [5.74, 6) is 1.35. The third-order valence-corrected chi connectivity index (χ3v) is 7.52. The SMILES string of the molecule is CC1CCc2c(cc(-c3ccccc3)n2-c2ccc(C(=O)NC3CCCCC3C)cc2)C1. The Morgan fingerprint density at radius 1 is 0.938 bits per heavy atom. The maximum atomic E-state index is 12.9. The zero-order valence-corrected chi connectivity index (χ0v) is 19.3. The summed E-state index contributed by atoms with van der Waals surface area (Å²) in [5, 5.41) is 3.29. The summed E-state index contributed by atoms with van der Waals surface area (Å²) in [6, 6.07) is 21.6. The van der Waals surface area contributed by atoms with E-state index in [1.807, 2.05) is 12.1 Å². The van der Waals surface area contributed by atoms with Crippen LogP contribution in [0, 0.1) is 11.8 Å². The summed E-state index contributed by atoms with van der Waals surface area (Å²) in [6.07, 6.45) is 8.28. The molecule has 0 aliphatic heterocycles. The van der Waals surface area contributed by atoms with E-state index in [1.54, 1.807) is 0 Å². The Labute approximate surface area is 191 Å². The van der Waals surface area contributed by atoms with Crippen molar-refractivity contribution in [3.8, 4) is 16.9 Å². The van der Waals surface area contributed by atoms with Gasteiger partial charge in [-0.15, -0.1) is 0 Å². The van der Waals surface area contributed by atoms with Gasteiger partial charge >= 0.3 is 0 Å². The van der Waals surface area contributed by atoms with Crippen LogP contribution in [-0.4, -0.2) is 16.5 Å². The fourth-order valence-electron chi connectivity index (χ4n) is 5.57. The van der Waals surface area contributed by atoms with Crippen molar-refractivity contribution in [1.82, 2.24) is 9.88 Å². The minimum atomic E-state index is 0.0574. The van der Waals surface area contributed by atoms with Crippen LogP contribution in [0.15, 0.2) is 60.7 Å². The first kappa shape index (κ1) is 21.1. The van der Waals surface area contributed by atoms with E-state index >= 15 is 0 Å². The fourth-order valence-corrected chi connectivity index (χ4v) is 5.57. The van der Waals surface area contributed by atoms with Gasteiger partial charge in [0.1, 0.15) is 0 Å². The van der Waals surface area contributed by atoms with Crippen LogP contribution >= 0.6 is 0 Å². The average molecular weight is 427 g/mol. The summed E-state index contributed by atoms with van der Waals surface area (Å²) in [6.45, 7) is 4.61. The van der Waals surface area contributed by atoms with E-state index in [4.69, 9.17) is 0 Å². The monoisotopic (exact) mass is 426 g/mol. The minimum absolute atomic E-state index is 0.0574. The van der Waals surface area contributed by atoms with Crippen LogP contribution < -0.4 is 5.32 Å². The molecule has 1 amide bonds. The Morgan fingerprint density at radius 3 is 2.44 bits per heavy atom. The lowest BCUT2D eigenvalue weighted by Gasteiger charge is -2.29. The zero-order valence-electron chi connectivity index (χ0n) is 19.3. The Morgan fingerprint density at radius 2 is 1.69 bits per heavy atom. The summed E-state index contributed by atoms with van der Waals surface area (Å²) in [4.78, 5) is 12.9. The summed E-state index contributed by atoms with van der Waals surface area (Å²) in [5.41, 5.74) is 7.27. The number of carbonyl (C=O) groups excluding carboxylic acids is 1. The number of rotatable bonds is 4. The molecule has 3 unspecified atom stereocenters. The standard InChI is InChI=1S/C29H34N2O/c1-20-12-17-27-24(18-20)19-28(22-9-4-3-5-10-22)31(27)25-15-13-23(14-16-25)29(32)30-26-11-7-6-8-21(26)2/h3-5,9-10,13-16,19-21,26H,6-8,11-12,17-18H2,1-2H3,(H,30,32). The molecule has 1 aromatic heterocycles. The van der Waals surface area contributed by atoms with Crippen molar-refractivity contribution in [3.05, 3.63) is 77.5 Å². The molecule has 32 heavy (non-hydrogen) atoms. The molecule has 0 saturated heterocycles. The molecule has 0 spiro atoms. The molecular weight excluding hydrogens is 392 g/mol. The van der Waals surface area contributed by atoms with E-state index in [-0.39, 0.29) is 5.91 Å². The number of nitrogens with zero attached hydrogens (tertiary/aromatic N) is 1. The lowest BCUT2D eigenvalue weighted by atomic mass is 9.86. The number of hydrogen-bond donors (Lipinski definition) is 1. The van der Waals surface area contributed by atoms with Gasteiger partial charge < -0.3 is 9.88 Å². The summed E-state index contributed by atoms with van der Waals surface area (Å²) < 4.78 is 2.42. The van der Waals surface area contributed by atoms with Crippen molar-refractivity contribution >= 4 is 5.91 Å². The zero-order chi connectivity index (χ0) is 22.1. The Balaban J connectivity index is 1.45. The third-order valence-electron chi connectivity index (χ3n) is 7.52. The molecule has 1 saturated carbocycles. The van der Waals surface area contributed by atoms with Crippen LogP contribution in [0.1, 0.15) is 67.6 Å². The molecular formula is C29H34N2O. The van der Waals surface area contributed by atoms with Crippen molar-refractivity contribution in [2.45, 2.75) is 64.8 Å². The first-order valence-corrected chi connectivity index (χ1v) is 12.3. The lowest BCUT2D eigenvalue weighted by molar-refractivity contribution is 0.0910. The smallest absolute Gasteiger partial charge is 0.251 e. The molecule has 0 radical (unpaired) electrons. The van der Waals surface area contributed by atoms with Crippen LogP contribution in [0.3, 0.4) is 0 Å². The molecule has 2 aromatic carbocycles. The number of nitrogens with one attached hydrogen (secondary N) is 1. The number of carbonyl (C=O) groups is 1. The normalized spacial score (nSPS) is 22.9. The first-order valence-electron chi connectivity index (χ1n) is 12.3. The highest BCUT2D eigenvalue weighted by Gasteiger charge is 2.25. The molecule has 1 heterocycles. The van der Waals surface area contributed by atoms with Gasteiger partial charge in [-0.05, 0) is 85.4 Å². The van der Waals surface area contributed by atoms with Crippen LogP contribution in [0.4, 0.5) is 0 Å². The van der Waals surface area contributed by atoms with E-state index in [2.05, 4.69) is 72.3 Å². The van der Waals surface area contributed by atoms with Crippen molar-refractivity contribution in [2.24, 2.45) is 11.8 Å². The molecule has 5 rings (SSSR count). The predicted octanol–water partition coefficient (Wildman–Crippen LogP) is 6.58. The molecule has 1 N–H and O–H groups in total. The second kappa shape index (κ2) is 8.97. The number of fused-ring (bicyclic) bond motifs is 1. The predicted molar refractivity (Wildman–Crippen MR) is 131 cm³/mol. The van der Waals surface area contributed by atoms with Crippen molar-refractivity contribution in [2.75, 3.05) is 0 Å². The molecule has 166 valence electrons. The molecule has 2 aliphatic rings. The maximum absolute atomic E-state index is 12.9. The molecule has 3 nitrogen and oxygen atoms in total. The van der Waals surface area contributed by atoms with E-state index in [0.717, 1.165) is 36.4 Å². The van der Waals surface area contributed by atoms with Crippen LogP contribution in [0.2, 0.25) is 0 Å². The second-order valence-corrected chi connectivity index (χ2v) is 9.94. The van der Waals surface area contributed by atoms with Gasteiger partial charge in [0.25, 0.3) is 5.91 Å². The third kappa shape index (κ3) is 4.13. The van der Waals surface area contributed by atoms with Gasteiger partial charge in [-0.25, -0.2) is 0 Å². The number of aromatic nitrogens is 1. The topological polar surface area (TPSA) is 34.0 Å². The van der Waals surface area contributed by atoms with E-state index in [1.165, 1.54) is 48.2 Å². The average Bonchev–Trinajstić information content (AvgIpc) is 3.20. The highest BCUT2D eigenvalue weighted by atomic mass is 16.1. The highest BCUT2D eigenvalue weighted by Crippen LogP contribution is 2.35. The van der Waals surface area contributed by atoms with Crippen molar-refractivity contribution in [1.29, 1.82) is 0 Å². The van der Waals surface area contributed by atoms with Gasteiger partial charge in [-0.1, -0.05) is 57.0 Å². The van der Waals surface area contributed by atoms with Gasteiger partial charge in [0.05, 0.1) is 5.69 Å². The number of amides is 1.